The van der Waals surface area contributed by atoms with Gasteiger partial charge in [-0.15, -0.1) is 24.8 Å². The van der Waals surface area contributed by atoms with E-state index in [4.69, 9.17) is 5.10 Å². The van der Waals surface area contributed by atoms with Crippen LogP contribution in [0.1, 0.15) is 40.7 Å². The molecule has 3 aromatic heterocycles. The molecule has 1 atom stereocenters. The molecule has 2 N–H and O–H groups in total. The van der Waals surface area contributed by atoms with Crippen molar-refractivity contribution < 1.29 is 0 Å². The molecule has 0 fully saturated rings. The van der Waals surface area contributed by atoms with E-state index in [0.29, 0.717) is 0 Å². The monoisotopic (exact) mass is 424 g/mol. The van der Waals surface area contributed by atoms with Gasteiger partial charge in [0.2, 0.25) is 0 Å². The second kappa shape index (κ2) is 8.65. The molecule has 0 radical (unpaired) electrons. The average molecular weight is 425 g/mol. The second-order valence-electron chi connectivity index (χ2n) is 7.32. The summed E-state index contributed by atoms with van der Waals surface area (Å²) in [7, 11) is 1.96. The Morgan fingerprint density at radius 2 is 2.18 bits per heavy atom. The molecule has 0 aromatic carbocycles. The smallest absolute Gasteiger partial charge is 0.0925 e. The molecule has 5 rings (SSSR count). The lowest BCUT2D eigenvalue weighted by Gasteiger charge is -2.31. The number of fused-ring (bicyclic) bond motifs is 2. The molecular formula is C18H26Cl2N8. The zero-order chi connectivity index (χ0) is 17.5. The summed E-state index contributed by atoms with van der Waals surface area (Å²) in [6.07, 6.45) is 6.99. The van der Waals surface area contributed by atoms with Crippen LogP contribution in [0.2, 0.25) is 0 Å². The number of aryl methyl sites for hydroxylation is 2. The Morgan fingerprint density at radius 1 is 1.29 bits per heavy atom. The van der Waals surface area contributed by atoms with Crippen LogP contribution >= 0.6 is 24.8 Å². The molecule has 0 saturated heterocycles. The molecule has 28 heavy (non-hydrogen) atoms. The number of nitrogens with one attached hydrogen (secondary N) is 2. The van der Waals surface area contributed by atoms with Crippen molar-refractivity contribution >= 4 is 24.8 Å². The number of H-pyrrole nitrogens is 1. The van der Waals surface area contributed by atoms with Gasteiger partial charge < -0.3 is 10.3 Å². The lowest BCUT2D eigenvalue weighted by atomic mass is 9.93. The third-order valence-electron chi connectivity index (χ3n) is 5.36. The fourth-order valence-corrected chi connectivity index (χ4v) is 4.12. The zero-order valence-electron chi connectivity index (χ0n) is 15.8. The van der Waals surface area contributed by atoms with E-state index in [-0.39, 0.29) is 30.7 Å². The van der Waals surface area contributed by atoms with Crippen LogP contribution in [0.15, 0.2) is 24.8 Å². The van der Waals surface area contributed by atoms with Crippen molar-refractivity contribution in [1.82, 2.24) is 39.7 Å². The number of aromatic amines is 1. The maximum Gasteiger partial charge on any atom is 0.0925 e. The quantitative estimate of drug-likeness (QED) is 0.670. The Bertz CT molecular complexity index is 891. The standard InChI is InChI=1S/C18H24N8.2ClH/c1-24-8-13(6-22-24)16-10-25(11-17-18(16)21-12-20-17)9-14-5-15-7-19-3-2-4-26(15)23-14;;/h5-6,8,12,16,19H,2-4,7,9-11H2,1H3,(H,20,21);2*1H. The summed E-state index contributed by atoms with van der Waals surface area (Å²) >= 11 is 0. The van der Waals surface area contributed by atoms with Gasteiger partial charge in [0.1, 0.15) is 0 Å². The first kappa shape index (κ1) is 20.9. The van der Waals surface area contributed by atoms with E-state index in [1.54, 1.807) is 0 Å². The Kier molecular flexibility index (Phi) is 6.44. The van der Waals surface area contributed by atoms with Gasteiger partial charge in [0.05, 0.1) is 35.3 Å². The van der Waals surface area contributed by atoms with E-state index in [0.717, 1.165) is 57.1 Å². The minimum absolute atomic E-state index is 0. The van der Waals surface area contributed by atoms with Gasteiger partial charge in [-0.2, -0.15) is 10.2 Å². The van der Waals surface area contributed by atoms with Crippen molar-refractivity contribution in [3.63, 3.8) is 0 Å². The summed E-state index contributed by atoms with van der Waals surface area (Å²) in [4.78, 5) is 10.4. The SMILES string of the molecule is Cl.Cl.Cn1cc(C2CN(Cc3cc4n(n3)CCCNC4)Cc3[nH]cnc32)cn1. The molecule has 152 valence electrons. The summed E-state index contributed by atoms with van der Waals surface area (Å²) in [6.45, 7) is 5.66. The highest BCUT2D eigenvalue weighted by atomic mass is 35.5. The van der Waals surface area contributed by atoms with Crippen LogP contribution in [0.5, 0.6) is 0 Å². The van der Waals surface area contributed by atoms with Crippen molar-refractivity contribution in [2.75, 3.05) is 13.1 Å². The highest BCUT2D eigenvalue weighted by Gasteiger charge is 2.30. The van der Waals surface area contributed by atoms with Crippen molar-refractivity contribution in [2.24, 2.45) is 7.05 Å². The number of aromatic nitrogens is 6. The Balaban J connectivity index is 0.00000112. The van der Waals surface area contributed by atoms with E-state index in [9.17, 15) is 0 Å². The van der Waals surface area contributed by atoms with Gasteiger partial charge in [0.15, 0.2) is 0 Å². The number of hydrogen-bond acceptors (Lipinski definition) is 5. The van der Waals surface area contributed by atoms with Gasteiger partial charge in [-0.05, 0) is 19.0 Å². The van der Waals surface area contributed by atoms with Gasteiger partial charge in [-0.3, -0.25) is 14.3 Å². The first-order valence-electron chi connectivity index (χ1n) is 9.25. The van der Waals surface area contributed by atoms with E-state index in [2.05, 4.69) is 42.2 Å². The molecule has 1 unspecified atom stereocenters. The Labute approximate surface area is 176 Å². The molecule has 0 saturated carbocycles. The molecule has 0 amide bonds. The molecule has 2 aliphatic heterocycles. The molecule has 0 spiro atoms. The molecule has 10 heteroatoms. The van der Waals surface area contributed by atoms with Crippen molar-refractivity contribution in [3.8, 4) is 0 Å². The number of rotatable bonds is 3. The van der Waals surface area contributed by atoms with Crippen LogP contribution in [0.3, 0.4) is 0 Å². The topological polar surface area (TPSA) is 79.6 Å². The Hall–Kier alpha value is -1.87. The van der Waals surface area contributed by atoms with Crippen LogP contribution in [0.25, 0.3) is 0 Å². The lowest BCUT2D eigenvalue weighted by molar-refractivity contribution is 0.224. The van der Waals surface area contributed by atoms with E-state index >= 15 is 0 Å². The van der Waals surface area contributed by atoms with Crippen molar-refractivity contribution in [1.29, 1.82) is 0 Å². The van der Waals surface area contributed by atoms with Crippen LogP contribution in [0, 0.1) is 0 Å². The highest BCUT2D eigenvalue weighted by Crippen LogP contribution is 2.31. The second-order valence-corrected chi connectivity index (χ2v) is 7.32. The first-order valence-corrected chi connectivity index (χ1v) is 9.25. The predicted molar refractivity (Wildman–Crippen MR) is 111 cm³/mol. The summed E-state index contributed by atoms with van der Waals surface area (Å²) in [5, 5.41) is 12.7. The van der Waals surface area contributed by atoms with Crippen molar-refractivity contribution in [2.45, 2.75) is 38.5 Å². The van der Waals surface area contributed by atoms with Gasteiger partial charge in [0, 0.05) is 57.4 Å². The normalized spacial score (nSPS) is 19.1. The molecule has 3 aromatic rings. The molecule has 0 bridgehead atoms. The first-order chi connectivity index (χ1) is 12.8. The molecule has 2 aliphatic rings. The van der Waals surface area contributed by atoms with E-state index < -0.39 is 0 Å². The van der Waals surface area contributed by atoms with Gasteiger partial charge >= 0.3 is 0 Å². The minimum atomic E-state index is 0. The fraction of sp³-hybridized carbons (Fsp3) is 0.500. The van der Waals surface area contributed by atoms with E-state index in [1.165, 1.54) is 17.0 Å². The third-order valence-corrected chi connectivity index (χ3v) is 5.36. The maximum atomic E-state index is 4.84. The lowest BCUT2D eigenvalue weighted by Crippen LogP contribution is -2.34. The summed E-state index contributed by atoms with van der Waals surface area (Å²) in [6, 6.07) is 2.25. The van der Waals surface area contributed by atoms with Crippen LogP contribution in [-0.4, -0.2) is 47.5 Å². The van der Waals surface area contributed by atoms with Crippen LogP contribution < -0.4 is 5.32 Å². The summed E-state index contributed by atoms with van der Waals surface area (Å²) in [5.74, 6) is 0.251. The van der Waals surface area contributed by atoms with Crippen LogP contribution in [0.4, 0.5) is 0 Å². The fourth-order valence-electron chi connectivity index (χ4n) is 4.12. The van der Waals surface area contributed by atoms with E-state index in [1.807, 2.05) is 24.3 Å². The largest absolute Gasteiger partial charge is 0.347 e. The molecule has 8 nitrogen and oxygen atoms in total. The maximum absolute atomic E-state index is 4.84. The molecule has 0 aliphatic carbocycles. The number of nitrogens with zero attached hydrogens (tertiary/aromatic N) is 6. The van der Waals surface area contributed by atoms with Crippen LogP contribution in [-0.2, 0) is 33.2 Å². The number of hydrogen-bond donors (Lipinski definition) is 2. The average Bonchev–Trinajstić information content (AvgIpc) is 3.32. The summed E-state index contributed by atoms with van der Waals surface area (Å²) in [5.41, 5.74) is 6.01. The zero-order valence-corrected chi connectivity index (χ0v) is 17.5. The minimum Gasteiger partial charge on any atom is -0.347 e. The van der Waals surface area contributed by atoms with Crippen molar-refractivity contribution in [3.05, 3.63) is 53.1 Å². The third kappa shape index (κ3) is 3.96. The van der Waals surface area contributed by atoms with Gasteiger partial charge in [-0.25, -0.2) is 4.98 Å². The number of halogens is 2. The molecular weight excluding hydrogens is 399 g/mol. The predicted octanol–water partition coefficient (Wildman–Crippen LogP) is 1.82. The molecule has 5 heterocycles. The Morgan fingerprint density at radius 3 is 3.00 bits per heavy atom. The summed E-state index contributed by atoms with van der Waals surface area (Å²) < 4.78 is 4.03. The van der Waals surface area contributed by atoms with Gasteiger partial charge in [-0.1, -0.05) is 0 Å². The highest BCUT2D eigenvalue weighted by molar-refractivity contribution is 5.85. The van der Waals surface area contributed by atoms with Gasteiger partial charge in [0.25, 0.3) is 0 Å². The number of imidazole rings is 1.